The summed E-state index contributed by atoms with van der Waals surface area (Å²) in [6, 6.07) is 0.379. The molecular weight excluding hydrogens is 240 g/mol. The van der Waals surface area contributed by atoms with E-state index in [1.165, 1.54) is 38.5 Å². The van der Waals surface area contributed by atoms with E-state index in [-0.39, 0.29) is 12.6 Å². The van der Waals surface area contributed by atoms with Crippen LogP contribution in [0, 0.1) is 17.8 Å². The first-order chi connectivity index (χ1) is 9.20. The zero-order valence-electron chi connectivity index (χ0n) is 12.0. The maximum absolute atomic E-state index is 11.7. The maximum Gasteiger partial charge on any atom is 0.315 e. The van der Waals surface area contributed by atoms with Crippen LogP contribution < -0.4 is 10.6 Å². The first-order valence-electron chi connectivity index (χ1n) is 7.86. The molecular formula is C15H28N2O2. The van der Waals surface area contributed by atoms with Gasteiger partial charge in [-0.15, -0.1) is 0 Å². The van der Waals surface area contributed by atoms with Gasteiger partial charge in [0, 0.05) is 19.2 Å². The van der Waals surface area contributed by atoms with Crippen LogP contribution in [0.25, 0.3) is 0 Å². The topological polar surface area (TPSA) is 61.4 Å². The molecule has 0 aromatic carbocycles. The Morgan fingerprint density at radius 2 is 2.05 bits per heavy atom. The van der Waals surface area contributed by atoms with Gasteiger partial charge in [-0.25, -0.2) is 4.79 Å². The number of carbonyl (C=O) groups is 1. The van der Waals surface area contributed by atoms with Gasteiger partial charge in [0.2, 0.25) is 0 Å². The predicted molar refractivity (Wildman–Crippen MR) is 75.9 cm³/mol. The lowest BCUT2D eigenvalue weighted by Crippen LogP contribution is -2.40. The number of urea groups is 1. The van der Waals surface area contributed by atoms with E-state index in [1.54, 1.807) is 0 Å². The molecule has 2 aliphatic carbocycles. The van der Waals surface area contributed by atoms with Crippen molar-refractivity contribution in [2.24, 2.45) is 17.8 Å². The molecule has 0 aliphatic heterocycles. The highest BCUT2D eigenvalue weighted by atomic mass is 16.3. The lowest BCUT2D eigenvalue weighted by molar-refractivity contribution is 0.231. The van der Waals surface area contributed by atoms with Crippen LogP contribution in [-0.4, -0.2) is 30.3 Å². The highest BCUT2D eigenvalue weighted by Crippen LogP contribution is 2.44. The average Bonchev–Trinajstić information content (AvgIpc) is 3.17. The zero-order chi connectivity index (χ0) is 13.7. The van der Waals surface area contributed by atoms with Gasteiger partial charge in [0.1, 0.15) is 0 Å². The molecule has 3 N–H and O–H groups in total. The fraction of sp³-hybridized carbons (Fsp3) is 0.933. The minimum absolute atomic E-state index is 0.0342. The molecule has 2 fully saturated rings. The third-order valence-corrected chi connectivity index (χ3v) is 4.64. The number of amides is 2. The van der Waals surface area contributed by atoms with Crippen molar-refractivity contribution in [3.63, 3.8) is 0 Å². The number of nitrogens with one attached hydrogen (secondary N) is 2. The Kier molecular flexibility index (Phi) is 5.49. The largest absolute Gasteiger partial charge is 0.396 e. The summed E-state index contributed by atoms with van der Waals surface area (Å²) in [5.41, 5.74) is 0. The van der Waals surface area contributed by atoms with Gasteiger partial charge in [0.15, 0.2) is 0 Å². The molecule has 19 heavy (non-hydrogen) atoms. The van der Waals surface area contributed by atoms with E-state index in [1.807, 2.05) is 6.92 Å². The first-order valence-corrected chi connectivity index (χ1v) is 7.86. The molecule has 3 atom stereocenters. The van der Waals surface area contributed by atoms with Gasteiger partial charge in [0.25, 0.3) is 0 Å². The molecule has 4 nitrogen and oxygen atoms in total. The first kappa shape index (κ1) is 14.6. The van der Waals surface area contributed by atoms with Crippen LogP contribution in [0.2, 0.25) is 0 Å². The third-order valence-electron chi connectivity index (χ3n) is 4.64. The predicted octanol–water partition coefficient (Wildman–Crippen LogP) is 2.27. The highest BCUT2D eigenvalue weighted by molar-refractivity contribution is 5.74. The van der Waals surface area contributed by atoms with Gasteiger partial charge in [0.05, 0.1) is 0 Å². The molecule has 2 saturated carbocycles. The van der Waals surface area contributed by atoms with Gasteiger partial charge in [-0.05, 0) is 30.6 Å². The van der Waals surface area contributed by atoms with Crippen LogP contribution in [-0.2, 0) is 0 Å². The second-order valence-corrected chi connectivity index (χ2v) is 6.38. The zero-order valence-corrected chi connectivity index (χ0v) is 12.0. The lowest BCUT2D eigenvalue weighted by Gasteiger charge is -2.21. The van der Waals surface area contributed by atoms with Gasteiger partial charge in [-0.1, -0.05) is 39.0 Å². The summed E-state index contributed by atoms with van der Waals surface area (Å²) >= 11 is 0. The van der Waals surface area contributed by atoms with Gasteiger partial charge in [-0.2, -0.15) is 0 Å². The van der Waals surface area contributed by atoms with Gasteiger partial charge < -0.3 is 15.7 Å². The fourth-order valence-electron chi connectivity index (χ4n) is 3.27. The van der Waals surface area contributed by atoms with Crippen molar-refractivity contribution in [3.8, 4) is 0 Å². The minimum Gasteiger partial charge on any atom is -0.396 e. The average molecular weight is 268 g/mol. The number of hydrogen-bond donors (Lipinski definition) is 3. The Morgan fingerprint density at radius 1 is 1.32 bits per heavy atom. The number of rotatable bonds is 6. The molecule has 0 heterocycles. The highest BCUT2D eigenvalue weighted by Gasteiger charge is 2.43. The van der Waals surface area contributed by atoms with Gasteiger partial charge in [-0.3, -0.25) is 0 Å². The van der Waals surface area contributed by atoms with Crippen molar-refractivity contribution in [2.75, 3.05) is 13.2 Å². The Hall–Kier alpha value is -0.770. The summed E-state index contributed by atoms with van der Waals surface area (Å²) in [4.78, 5) is 11.7. The molecule has 4 heteroatoms. The summed E-state index contributed by atoms with van der Waals surface area (Å²) in [6.45, 7) is 2.88. The van der Waals surface area contributed by atoms with E-state index in [2.05, 4.69) is 10.6 Å². The van der Waals surface area contributed by atoms with Crippen molar-refractivity contribution in [2.45, 2.75) is 57.9 Å². The van der Waals surface area contributed by atoms with E-state index in [4.69, 9.17) is 5.11 Å². The molecule has 0 bridgehead atoms. The molecule has 0 saturated heterocycles. The summed E-state index contributed by atoms with van der Waals surface area (Å²) < 4.78 is 0. The Morgan fingerprint density at radius 3 is 2.74 bits per heavy atom. The van der Waals surface area contributed by atoms with Crippen molar-refractivity contribution in [3.05, 3.63) is 0 Å². The van der Waals surface area contributed by atoms with Crippen LogP contribution in [0.1, 0.15) is 51.9 Å². The molecule has 2 aliphatic rings. The van der Waals surface area contributed by atoms with E-state index in [9.17, 15) is 4.79 Å². The monoisotopic (exact) mass is 268 g/mol. The van der Waals surface area contributed by atoms with Gasteiger partial charge >= 0.3 is 6.03 Å². The molecule has 0 radical (unpaired) electrons. The number of aliphatic hydroxyl groups is 1. The molecule has 2 rings (SSSR count). The minimum atomic E-state index is -0.0342. The van der Waals surface area contributed by atoms with Crippen LogP contribution in [0.4, 0.5) is 4.79 Å². The van der Waals surface area contributed by atoms with Crippen molar-refractivity contribution >= 4 is 6.03 Å². The molecule has 0 spiro atoms. The lowest BCUT2D eigenvalue weighted by atomic mass is 9.85. The Labute approximate surface area is 116 Å². The van der Waals surface area contributed by atoms with Crippen molar-refractivity contribution in [1.29, 1.82) is 0 Å². The molecule has 0 aromatic heterocycles. The third kappa shape index (κ3) is 4.68. The van der Waals surface area contributed by atoms with Crippen molar-refractivity contribution in [1.82, 2.24) is 10.6 Å². The SMILES string of the molecule is CC(CCO)CNC(=O)NC1CC1C1CCCCC1. The van der Waals surface area contributed by atoms with E-state index >= 15 is 0 Å². The van der Waals surface area contributed by atoms with Crippen LogP contribution >= 0.6 is 0 Å². The molecule has 3 unspecified atom stereocenters. The van der Waals surface area contributed by atoms with E-state index < -0.39 is 0 Å². The summed E-state index contributed by atoms with van der Waals surface area (Å²) in [5, 5.41) is 14.8. The maximum atomic E-state index is 11.7. The van der Waals surface area contributed by atoms with Crippen LogP contribution in [0.5, 0.6) is 0 Å². The molecule has 110 valence electrons. The smallest absolute Gasteiger partial charge is 0.315 e. The van der Waals surface area contributed by atoms with Crippen LogP contribution in [0.3, 0.4) is 0 Å². The fourth-order valence-corrected chi connectivity index (χ4v) is 3.27. The summed E-state index contributed by atoms with van der Waals surface area (Å²) in [7, 11) is 0. The van der Waals surface area contributed by atoms with E-state index in [0.29, 0.717) is 18.5 Å². The quantitative estimate of drug-likeness (QED) is 0.692. The number of hydrogen-bond acceptors (Lipinski definition) is 2. The second kappa shape index (κ2) is 7.13. The standard InChI is InChI=1S/C15H28N2O2/c1-11(7-8-18)10-16-15(19)17-14-9-13(14)12-5-3-2-4-6-12/h11-14,18H,2-10H2,1H3,(H2,16,17,19). The van der Waals surface area contributed by atoms with Crippen molar-refractivity contribution < 1.29 is 9.90 Å². The second-order valence-electron chi connectivity index (χ2n) is 6.38. The van der Waals surface area contributed by atoms with Crippen LogP contribution in [0.15, 0.2) is 0 Å². The van der Waals surface area contributed by atoms with E-state index in [0.717, 1.165) is 18.3 Å². The Balaban J connectivity index is 1.59. The molecule has 2 amide bonds. The normalized spacial score (nSPS) is 28.7. The number of carbonyl (C=O) groups excluding carboxylic acids is 1. The summed E-state index contributed by atoms with van der Waals surface area (Å²) in [5.74, 6) is 1.93. The number of aliphatic hydroxyl groups excluding tert-OH is 1. The summed E-state index contributed by atoms with van der Waals surface area (Å²) in [6.07, 6.45) is 8.77. The Bertz CT molecular complexity index is 290. The molecule has 0 aromatic rings.